The van der Waals surface area contributed by atoms with Crippen molar-refractivity contribution in [3.05, 3.63) is 0 Å². The normalized spacial score (nSPS) is 33.0. The molecule has 0 aromatic carbocycles. The van der Waals surface area contributed by atoms with Crippen molar-refractivity contribution in [2.75, 3.05) is 6.61 Å². The smallest absolute Gasteiger partial charge is 0.315 e. The Hall–Kier alpha value is -1.30. The summed E-state index contributed by atoms with van der Waals surface area (Å²) in [6.07, 6.45) is 4.98. The molecule has 0 spiro atoms. The van der Waals surface area contributed by atoms with Crippen LogP contribution in [0.4, 0.5) is 4.79 Å². The predicted molar refractivity (Wildman–Crippen MR) is 73.5 cm³/mol. The topological polar surface area (TPSA) is 87.7 Å². The average molecular weight is 284 g/mol. The van der Waals surface area contributed by atoms with Crippen molar-refractivity contribution in [1.82, 2.24) is 10.6 Å². The third-order valence-electron chi connectivity index (χ3n) is 4.19. The number of carbonyl (C=O) groups is 2. The second-order valence-electron chi connectivity index (χ2n) is 5.76. The molecule has 0 aromatic heterocycles. The molecule has 0 aliphatic heterocycles. The van der Waals surface area contributed by atoms with E-state index in [-0.39, 0.29) is 30.1 Å². The summed E-state index contributed by atoms with van der Waals surface area (Å²) in [5.41, 5.74) is 0. The van der Waals surface area contributed by atoms with Gasteiger partial charge >= 0.3 is 12.0 Å². The molecule has 2 unspecified atom stereocenters. The maximum Gasteiger partial charge on any atom is 0.315 e. The fourth-order valence-corrected chi connectivity index (χ4v) is 3.01. The van der Waals surface area contributed by atoms with Crippen LogP contribution in [-0.4, -0.2) is 41.9 Å². The zero-order valence-electron chi connectivity index (χ0n) is 11.9. The molecule has 0 bridgehead atoms. The first-order chi connectivity index (χ1) is 9.58. The number of carboxylic acids is 1. The Morgan fingerprint density at radius 1 is 1.15 bits per heavy atom. The minimum atomic E-state index is -0.754. The van der Waals surface area contributed by atoms with Gasteiger partial charge in [0.15, 0.2) is 0 Å². The molecule has 20 heavy (non-hydrogen) atoms. The molecule has 2 fully saturated rings. The summed E-state index contributed by atoms with van der Waals surface area (Å²) in [5.74, 6) is -1.07. The van der Waals surface area contributed by atoms with Crippen LogP contribution in [0.3, 0.4) is 0 Å². The first-order valence-electron chi connectivity index (χ1n) is 7.50. The number of amides is 2. The number of carboxylic acid groups (broad SMARTS) is 1. The molecule has 2 rings (SSSR count). The van der Waals surface area contributed by atoms with Crippen LogP contribution in [0.2, 0.25) is 0 Å². The molecule has 2 atom stereocenters. The second kappa shape index (κ2) is 6.92. The first kappa shape index (κ1) is 15.1. The number of carbonyl (C=O) groups excluding carboxylic acids is 1. The van der Waals surface area contributed by atoms with Crippen LogP contribution < -0.4 is 10.6 Å². The fraction of sp³-hybridized carbons (Fsp3) is 0.857. The van der Waals surface area contributed by atoms with Gasteiger partial charge in [0.2, 0.25) is 0 Å². The van der Waals surface area contributed by atoms with Crippen LogP contribution in [0.15, 0.2) is 0 Å². The third-order valence-corrected chi connectivity index (χ3v) is 4.19. The lowest BCUT2D eigenvalue weighted by Crippen LogP contribution is -2.53. The van der Waals surface area contributed by atoms with Gasteiger partial charge in [0.25, 0.3) is 0 Å². The summed E-state index contributed by atoms with van der Waals surface area (Å²) in [4.78, 5) is 22.8. The Balaban J connectivity index is 1.66. The molecule has 2 aliphatic rings. The van der Waals surface area contributed by atoms with Crippen molar-refractivity contribution in [3.63, 3.8) is 0 Å². The van der Waals surface area contributed by atoms with E-state index in [1.54, 1.807) is 0 Å². The van der Waals surface area contributed by atoms with Crippen molar-refractivity contribution in [3.8, 4) is 0 Å². The highest BCUT2D eigenvalue weighted by Crippen LogP contribution is 2.25. The highest BCUT2D eigenvalue weighted by molar-refractivity contribution is 5.75. The summed E-state index contributed by atoms with van der Waals surface area (Å²) < 4.78 is 5.44. The Morgan fingerprint density at radius 3 is 2.50 bits per heavy atom. The van der Waals surface area contributed by atoms with E-state index in [1.165, 1.54) is 0 Å². The minimum absolute atomic E-state index is 0.0207. The second-order valence-corrected chi connectivity index (χ2v) is 5.76. The summed E-state index contributed by atoms with van der Waals surface area (Å²) in [5, 5.41) is 14.8. The molecular weight excluding hydrogens is 260 g/mol. The molecule has 6 heteroatoms. The molecule has 2 amide bonds. The van der Waals surface area contributed by atoms with Gasteiger partial charge in [-0.05, 0) is 39.0 Å². The monoisotopic (exact) mass is 284 g/mol. The van der Waals surface area contributed by atoms with Gasteiger partial charge in [-0.1, -0.05) is 6.42 Å². The molecule has 0 saturated heterocycles. The van der Waals surface area contributed by atoms with E-state index in [4.69, 9.17) is 9.84 Å². The Labute approximate surface area is 119 Å². The first-order valence-corrected chi connectivity index (χ1v) is 7.50. The molecule has 0 aromatic rings. The molecule has 0 radical (unpaired) electrons. The van der Waals surface area contributed by atoms with E-state index >= 15 is 0 Å². The van der Waals surface area contributed by atoms with Gasteiger partial charge in [-0.3, -0.25) is 4.79 Å². The standard InChI is InChI=1S/C14H24N2O4/c1-2-20-12-7-11(8-12)16-14(19)15-10-5-3-4-9(6-10)13(17)18/h9-12H,2-8H2,1H3,(H,17,18)(H2,15,16,19). The summed E-state index contributed by atoms with van der Waals surface area (Å²) in [7, 11) is 0. The van der Waals surface area contributed by atoms with Gasteiger partial charge in [0, 0.05) is 18.7 Å². The molecule has 2 saturated carbocycles. The molecular formula is C14H24N2O4. The van der Waals surface area contributed by atoms with Crippen LogP contribution in [0.5, 0.6) is 0 Å². The van der Waals surface area contributed by atoms with Crippen LogP contribution in [0, 0.1) is 5.92 Å². The molecule has 2 aliphatic carbocycles. The van der Waals surface area contributed by atoms with Gasteiger partial charge in [0.05, 0.1) is 12.0 Å². The molecule has 114 valence electrons. The average Bonchev–Trinajstić information content (AvgIpc) is 2.36. The number of nitrogens with one attached hydrogen (secondary N) is 2. The summed E-state index contributed by atoms with van der Waals surface area (Å²) >= 11 is 0. The highest BCUT2D eigenvalue weighted by Gasteiger charge is 2.32. The molecule has 6 nitrogen and oxygen atoms in total. The Kier molecular flexibility index (Phi) is 5.23. The summed E-state index contributed by atoms with van der Waals surface area (Å²) in [6.45, 7) is 2.68. The number of rotatable bonds is 5. The lowest BCUT2D eigenvalue weighted by atomic mass is 9.86. The Bertz CT molecular complexity index is 355. The van der Waals surface area contributed by atoms with E-state index in [2.05, 4.69) is 10.6 Å². The number of hydrogen-bond donors (Lipinski definition) is 3. The molecule has 3 N–H and O–H groups in total. The van der Waals surface area contributed by atoms with Gasteiger partial charge < -0.3 is 20.5 Å². The number of urea groups is 1. The Morgan fingerprint density at radius 2 is 1.85 bits per heavy atom. The van der Waals surface area contributed by atoms with Gasteiger partial charge in [0.1, 0.15) is 0 Å². The maximum absolute atomic E-state index is 11.8. The highest BCUT2D eigenvalue weighted by atomic mass is 16.5. The van der Waals surface area contributed by atoms with E-state index in [0.717, 1.165) is 25.7 Å². The van der Waals surface area contributed by atoms with Gasteiger partial charge in [-0.2, -0.15) is 0 Å². The van der Waals surface area contributed by atoms with Gasteiger partial charge in [-0.25, -0.2) is 4.79 Å². The maximum atomic E-state index is 11.8. The fourth-order valence-electron chi connectivity index (χ4n) is 3.01. The van der Waals surface area contributed by atoms with Crippen molar-refractivity contribution in [1.29, 1.82) is 0 Å². The van der Waals surface area contributed by atoms with Crippen LogP contribution >= 0.6 is 0 Å². The zero-order chi connectivity index (χ0) is 14.5. The van der Waals surface area contributed by atoms with E-state index in [1.807, 2.05) is 6.92 Å². The lowest BCUT2D eigenvalue weighted by Gasteiger charge is -2.36. The van der Waals surface area contributed by atoms with Crippen molar-refractivity contribution < 1.29 is 19.4 Å². The van der Waals surface area contributed by atoms with Crippen LogP contribution in [0.25, 0.3) is 0 Å². The predicted octanol–water partition coefficient (Wildman–Crippen LogP) is 1.50. The molecule has 0 heterocycles. The van der Waals surface area contributed by atoms with Gasteiger partial charge in [-0.15, -0.1) is 0 Å². The van der Waals surface area contributed by atoms with Crippen molar-refractivity contribution in [2.45, 2.75) is 63.6 Å². The largest absolute Gasteiger partial charge is 0.481 e. The minimum Gasteiger partial charge on any atom is -0.481 e. The number of ether oxygens (including phenoxy) is 1. The van der Waals surface area contributed by atoms with Crippen LogP contribution in [-0.2, 0) is 9.53 Å². The van der Waals surface area contributed by atoms with E-state index in [0.29, 0.717) is 19.4 Å². The van der Waals surface area contributed by atoms with Crippen molar-refractivity contribution in [2.24, 2.45) is 5.92 Å². The zero-order valence-corrected chi connectivity index (χ0v) is 11.9. The van der Waals surface area contributed by atoms with E-state index in [9.17, 15) is 9.59 Å². The quantitative estimate of drug-likeness (QED) is 0.714. The number of aliphatic carboxylic acids is 1. The van der Waals surface area contributed by atoms with E-state index < -0.39 is 5.97 Å². The number of hydrogen-bond acceptors (Lipinski definition) is 3. The third kappa shape index (κ3) is 4.10. The van der Waals surface area contributed by atoms with Crippen molar-refractivity contribution >= 4 is 12.0 Å². The SMILES string of the molecule is CCOC1CC(NC(=O)NC2CCCC(C(=O)O)C2)C1. The summed E-state index contributed by atoms with van der Waals surface area (Å²) in [6, 6.07) is -0.0148. The van der Waals surface area contributed by atoms with Crippen LogP contribution in [0.1, 0.15) is 45.4 Å². The lowest BCUT2D eigenvalue weighted by molar-refractivity contribution is -0.143.